The molecule has 1 N–H and O–H groups in total. The first-order valence-corrected chi connectivity index (χ1v) is 9.46. The van der Waals surface area contributed by atoms with Crippen LogP contribution in [0.15, 0.2) is 60.7 Å². The first kappa shape index (κ1) is 21.8. The molecule has 7 nitrogen and oxygen atoms in total. The summed E-state index contributed by atoms with van der Waals surface area (Å²) in [5.74, 6) is -7.82. The maximum atomic E-state index is 13.6. The molecule has 3 aromatic carbocycles. The van der Waals surface area contributed by atoms with Gasteiger partial charge in [0, 0.05) is 0 Å². The Hall–Kier alpha value is -4.47. The number of carbonyl (C=O) groups excluding carboxylic acids is 4. The number of nitrogens with one attached hydrogen (secondary N) is 1. The first-order valence-electron chi connectivity index (χ1n) is 9.46. The van der Waals surface area contributed by atoms with E-state index in [0.29, 0.717) is 6.07 Å². The van der Waals surface area contributed by atoms with Gasteiger partial charge in [0.15, 0.2) is 24.1 Å². The minimum absolute atomic E-state index is 0.0594. The molecule has 0 saturated heterocycles. The van der Waals surface area contributed by atoms with Gasteiger partial charge in [-0.25, -0.2) is 22.9 Å². The molecule has 0 unspecified atom stereocenters. The normalized spacial score (nSPS) is 12.5. The fourth-order valence-corrected chi connectivity index (χ4v) is 3.22. The number of imide groups is 1. The average Bonchev–Trinajstić information content (AvgIpc) is 3.08. The van der Waals surface area contributed by atoms with Crippen LogP contribution in [0.4, 0.5) is 24.5 Å². The van der Waals surface area contributed by atoms with E-state index >= 15 is 0 Å². The Labute approximate surface area is 184 Å². The van der Waals surface area contributed by atoms with Crippen molar-refractivity contribution in [3.8, 4) is 0 Å². The number of esters is 1. The maximum absolute atomic E-state index is 13.6. The van der Waals surface area contributed by atoms with Gasteiger partial charge in [0.1, 0.15) is 0 Å². The summed E-state index contributed by atoms with van der Waals surface area (Å²) in [6, 6.07) is 13.2. The molecule has 166 valence electrons. The fourth-order valence-electron chi connectivity index (χ4n) is 3.22. The smallest absolute Gasteiger partial charge is 0.338 e. The second-order valence-corrected chi connectivity index (χ2v) is 6.89. The Balaban J connectivity index is 1.44. The van der Waals surface area contributed by atoms with E-state index in [1.54, 1.807) is 12.1 Å². The summed E-state index contributed by atoms with van der Waals surface area (Å²) < 4.78 is 44.7. The van der Waals surface area contributed by atoms with Crippen molar-refractivity contribution in [2.24, 2.45) is 0 Å². The van der Waals surface area contributed by atoms with Crippen LogP contribution in [0, 0.1) is 17.5 Å². The van der Waals surface area contributed by atoms with Gasteiger partial charge in [-0.1, -0.05) is 18.2 Å². The van der Waals surface area contributed by atoms with Crippen molar-refractivity contribution in [3.63, 3.8) is 0 Å². The molecule has 1 aliphatic heterocycles. The van der Waals surface area contributed by atoms with E-state index < -0.39 is 53.4 Å². The number of hydrogen-bond donors (Lipinski definition) is 1. The van der Waals surface area contributed by atoms with Gasteiger partial charge in [-0.15, -0.1) is 0 Å². The van der Waals surface area contributed by atoms with Crippen molar-refractivity contribution in [1.82, 2.24) is 0 Å². The predicted molar refractivity (Wildman–Crippen MR) is 109 cm³/mol. The molecule has 0 bridgehead atoms. The molecule has 4 rings (SSSR count). The molecule has 33 heavy (non-hydrogen) atoms. The maximum Gasteiger partial charge on any atom is 0.338 e. The van der Waals surface area contributed by atoms with Crippen LogP contribution in [0.5, 0.6) is 0 Å². The van der Waals surface area contributed by atoms with Crippen molar-refractivity contribution in [2.45, 2.75) is 0 Å². The Kier molecular flexibility index (Phi) is 5.65. The number of nitrogens with zero attached hydrogens (tertiary/aromatic N) is 1. The molecule has 1 aliphatic rings. The molecule has 0 spiro atoms. The van der Waals surface area contributed by atoms with Crippen molar-refractivity contribution in [2.75, 3.05) is 16.8 Å². The highest BCUT2D eigenvalue weighted by Gasteiger charge is 2.36. The number of rotatable bonds is 5. The zero-order chi connectivity index (χ0) is 23.7. The second kappa shape index (κ2) is 8.58. The summed E-state index contributed by atoms with van der Waals surface area (Å²) in [7, 11) is 0. The van der Waals surface area contributed by atoms with Gasteiger partial charge < -0.3 is 10.1 Å². The van der Waals surface area contributed by atoms with Gasteiger partial charge in [0.2, 0.25) is 0 Å². The molecule has 0 radical (unpaired) electrons. The topological polar surface area (TPSA) is 92.8 Å². The second-order valence-electron chi connectivity index (χ2n) is 6.89. The van der Waals surface area contributed by atoms with Crippen LogP contribution >= 0.6 is 0 Å². The van der Waals surface area contributed by atoms with E-state index in [0.717, 1.165) is 11.0 Å². The molecule has 0 fully saturated rings. The summed E-state index contributed by atoms with van der Waals surface area (Å²) in [6.45, 7) is -0.853. The minimum atomic E-state index is -1.75. The Morgan fingerprint density at radius 2 is 1.52 bits per heavy atom. The molecule has 10 heteroatoms. The Bertz CT molecular complexity index is 1290. The minimum Gasteiger partial charge on any atom is -0.452 e. The Morgan fingerprint density at radius 1 is 0.848 bits per heavy atom. The summed E-state index contributed by atoms with van der Waals surface area (Å²) in [4.78, 5) is 50.4. The quantitative estimate of drug-likeness (QED) is 0.361. The molecule has 0 aromatic heterocycles. The first-order chi connectivity index (χ1) is 15.8. The van der Waals surface area contributed by atoms with E-state index in [2.05, 4.69) is 0 Å². The lowest BCUT2D eigenvalue weighted by atomic mass is 10.1. The molecule has 3 aromatic rings. The lowest BCUT2D eigenvalue weighted by Gasteiger charge is -2.15. The number of fused-ring (bicyclic) bond motifs is 1. The Morgan fingerprint density at radius 3 is 2.18 bits per heavy atom. The number of amides is 3. The van der Waals surface area contributed by atoms with E-state index in [1.807, 2.05) is 5.32 Å². The number of carbonyl (C=O) groups is 4. The summed E-state index contributed by atoms with van der Waals surface area (Å²) in [6.07, 6.45) is 0. The number of benzene rings is 3. The van der Waals surface area contributed by atoms with E-state index in [4.69, 9.17) is 4.74 Å². The third-order valence-corrected chi connectivity index (χ3v) is 4.78. The largest absolute Gasteiger partial charge is 0.452 e. The molecule has 0 saturated carbocycles. The number of halogens is 3. The van der Waals surface area contributed by atoms with Gasteiger partial charge in [0.25, 0.3) is 17.7 Å². The van der Waals surface area contributed by atoms with Crippen molar-refractivity contribution < 1.29 is 37.1 Å². The van der Waals surface area contributed by atoms with Crippen LogP contribution < -0.4 is 10.2 Å². The van der Waals surface area contributed by atoms with Crippen molar-refractivity contribution >= 4 is 35.1 Å². The third kappa shape index (κ3) is 4.05. The molecule has 0 atom stereocenters. The summed E-state index contributed by atoms with van der Waals surface area (Å²) >= 11 is 0. The lowest BCUT2D eigenvalue weighted by Crippen LogP contribution is -2.29. The van der Waals surface area contributed by atoms with Gasteiger partial charge in [0.05, 0.1) is 28.1 Å². The number of anilines is 2. The highest BCUT2D eigenvalue weighted by molar-refractivity contribution is 6.34. The van der Waals surface area contributed by atoms with Crippen molar-refractivity contribution in [3.05, 3.63) is 94.8 Å². The van der Waals surface area contributed by atoms with Crippen LogP contribution in [0.1, 0.15) is 31.1 Å². The zero-order valence-electron chi connectivity index (χ0n) is 16.6. The molecule has 3 amide bonds. The summed E-state index contributed by atoms with van der Waals surface area (Å²) in [5.41, 5.74) is -0.0874. The van der Waals surface area contributed by atoms with Gasteiger partial charge in [-0.05, 0) is 42.5 Å². The standard InChI is InChI=1S/C23H13F3N2O5/c24-16-8-9-17(20(26)19(16)25)27-18(29)11-33-23(32)12-4-3-5-13(10-12)28-21(30)14-6-1-2-7-15(14)22(28)31/h1-10H,11H2,(H,27,29). The van der Waals surface area contributed by atoms with Crippen molar-refractivity contribution in [1.29, 1.82) is 0 Å². The molecular formula is C23H13F3N2O5. The van der Waals surface area contributed by atoms with Gasteiger partial charge in [-0.2, -0.15) is 0 Å². The number of hydrogen-bond acceptors (Lipinski definition) is 5. The predicted octanol–water partition coefficient (Wildman–Crippen LogP) is 3.70. The SMILES string of the molecule is O=C(COC(=O)c1cccc(N2C(=O)c3ccccc3C2=O)c1)Nc1ccc(F)c(F)c1F. The fraction of sp³-hybridized carbons (Fsp3) is 0.0435. The zero-order valence-corrected chi connectivity index (χ0v) is 16.6. The van der Waals surface area contributed by atoms with Crippen LogP contribution in [-0.4, -0.2) is 30.3 Å². The highest BCUT2D eigenvalue weighted by Crippen LogP contribution is 2.29. The molecular weight excluding hydrogens is 441 g/mol. The third-order valence-electron chi connectivity index (χ3n) is 4.78. The average molecular weight is 454 g/mol. The lowest BCUT2D eigenvalue weighted by molar-refractivity contribution is -0.119. The molecule has 1 heterocycles. The van der Waals surface area contributed by atoms with Crippen LogP contribution in [0.2, 0.25) is 0 Å². The van der Waals surface area contributed by atoms with Crippen LogP contribution in [0.3, 0.4) is 0 Å². The monoisotopic (exact) mass is 454 g/mol. The van der Waals surface area contributed by atoms with Gasteiger partial charge in [-0.3, -0.25) is 14.4 Å². The molecule has 0 aliphatic carbocycles. The number of ether oxygens (including phenoxy) is 1. The summed E-state index contributed by atoms with van der Waals surface area (Å²) in [5, 5.41) is 1.97. The van der Waals surface area contributed by atoms with Gasteiger partial charge >= 0.3 is 5.97 Å². The van der Waals surface area contributed by atoms with Crippen LogP contribution in [0.25, 0.3) is 0 Å². The van der Waals surface area contributed by atoms with E-state index in [-0.39, 0.29) is 22.4 Å². The van der Waals surface area contributed by atoms with Crippen LogP contribution in [-0.2, 0) is 9.53 Å². The van der Waals surface area contributed by atoms with E-state index in [9.17, 15) is 32.3 Å². The highest BCUT2D eigenvalue weighted by atomic mass is 19.2. The van der Waals surface area contributed by atoms with E-state index in [1.165, 1.54) is 36.4 Å².